The smallest absolute Gasteiger partial charge is 0.379 e. The molecule has 0 radical (unpaired) electrons. The third kappa shape index (κ3) is 28.4. The van der Waals surface area contributed by atoms with Crippen molar-refractivity contribution >= 4 is 13.6 Å². The lowest BCUT2D eigenvalue weighted by Gasteiger charge is -2.25. The highest BCUT2D eigenvalue weighted by molar-refractivity contribution is 7.47. The molecule has 0 heterocycles. The molecule has 0 bridgehead atoms. The second-order valence-corrected chi connectivity index (χ2v) is 12.8. The predicted molar refractivity (Wildman–Crippen MR) is 157 cm³/mol. The molecule has 0 rings (SSSR count). The van der Waals surface area contributed by atoms with Crippen molar-refractivity contribution in [1.82, 2.24) is 5.32 Å². The summed E-state index contributed by atoms with van der Waals surface area (Å²) in [5.74, 6) is -0.0137. The number of carbonyl (C=O) groups excluding carboxylic acids is 1. The number of allylic oxidation sites excluding steroid dienone is 2. The molecule has 0 aliphatic carbocycles. The van der Waals surface area contributed by atoms with E-state index in [1.807, 2.05) is 21.1 Å². The average molecular weight is 564 g/mol. The van der Waals surface area contributed by atoms with E-state index in [2.05, 4.69) is 24.4 Å². The number of hydrogen-bond donors (Lipinski definition) is 2. The van der Waals surface area contributed by atoms with Gasteiger partial charge in [-0.2, -0.15) is 0 Å². The third-order valence-electron chi connectivity index (χ3n) is 6.15. The molecule has 0 aromatic carbocycles. The minimum Gasteiger partial charge on any atom is -0.379 e. The second kappa shape index (κ2) is 24.2. The number of quaternary nitrogens is 1. The Morgan fingerprint density at radius 1 is 0.895 bits per heavy atom. The molecule has 0 aromatic heterocycles. The minimum atomic E-state index is -4.21. The molecule has 0 spiro atoms. The van der Waals surface area contributed by atoms with Gasteiger partial charge in [-0.15, -0.1) is 0 Å². The van der Waals surface area contributed by atoms with Crippen molar-refractivity contribution in [3.05, 3.63) is 12.2 Å². The first-order valence-electron chi connectivity index (χ1n) is 14.9. The lowest BCUT2D eigenvalue weighted by molar-refractivity contribution is -0.870. The maximum absolute atomic E-state index is 12.3. The summed E-state index contributed by atoms with van der Waals surface area (Å²) in [6.45, 7) is 5.58. The second-order valence-electron chi connectivity index (χ2n) is 11.4. The monoisotopic (exact) mass is 563 g/mol. The summed E-state index contributed by atoms with van der Waals surface area (Å²) in [7, 11) is 1.72. The number of phosphoric acid groups is 1. The van der Waals surface area contributed by atoms with Gasteiger partial charge in [-0.25, -0.2) is 4.57 Å². The van der Waals surface area contributed by atoms with E-state index in [-0.39, 0.29) is 32.1 Å². The van der Waals surface area contributed by atoms with Crippen LogP contribution >= 0.6 is 7.82 Å². The van der Waals surface area contributed by atoms with Crippen LogP contribution in [0.2, 0.25) is 0 Å². The highest BCUT2D eigenvalue weighted by Gasteiger charge is 2.27. The first kappa shape index (κ1) is 37.4. The van der Waals surface area contributed by atoms with E-state index in [0.717, 1.165) is 12.8 Å². The normalized spacial score (nSPS) is 14.7. The van der Waals surface area contributed by atoms with Crippen molar-refractivity contribution in [3.63, 3.8) is 0 Å². The van der Waals surface area contributed by atoms with E-state index in [4.69, 9.17) is 13.8 Å². The van der Waals surface area contributed by atoms with Crippen molar-refractivity contribution in [2.75, 3.05) is 60.6 Å². The largest absolute Gasteiger partial charge is 0.472 e. The van der Waals surface area contributed by atoms with Gasteiger partial charge in [-0.3, -0.25) is 13.8 Å². The molecule has 9 heteroatoms. The minimum absolute atomic E-state index is 0.0137. The van der Waals surface area contributed by atoms with Crippen LogP contribution in [0.1, 0.15) is 104 Å². The van der Waals surface area contributed by atoms with Crippen LogP contribution in [-0.2, 0) is 23.1 Å². The molecule has 226 valence electrons. The van der Waals surface area contributed by atoms with Crippen LogP contribution < -0.4 is 5.32 Å². The number of unbranched alkanes of at least 4 members (excludes halogenated alkanes) is 12. The van der Waals surface area contributed by atoms with Crippen LogP contribution in [0.25, 0.3) is 0 Å². The number of Topliss-reactive ketones (excluding diaryl/α,β-unsaturated/α-hetero) is 1. The van der Waals surface area contributed by atoms with E-state index in [0.29, 0.717) is 17.6 Å². The summed E-state index contributed by atoms with van der Waals surface area (Å²) in [4.78, 5) is 21.3. The summed E-state index contributed by atoms with van der Waals surface area (Å²) < 4.78 is 29.2. The van der Waals surface area contributed by atoms with E-state index >= 15 is 0 Å². The topological polar surface area (TPSA) is 94.1 Å². The number of ether oxygens (including phenoxy) is 1. The summed E-state index contributed by atoms with van der Waals surface area (Å²) in [6, 6.07) is 0. The van der Waals surface area contributed by atoms with Gasteiger partial charge in [-0.1, -0.05) is 76.9 Å². The maximum Gasteiger partial charge on any atom is 0.472 e. The van der Waals surface area contributed by atoms with Gasteiger partial charge in [-0.05, 0) is 39.0 Å². The fourth-order valence-electron chi connectivity index (χ4n) is 3.85. The maximum atomic E-state index is 12.3. The average Bonchev–Trinajstić information content (AvgIpc) is 2.81. The molecule has 0 saturated carbocycles. The van der Waals surface area contributed by atoms with Gasteiger partial charge in [0.1, 0.15) is 25.0 Å². The fraction of sp³-hybridized carbons (Fsp3) is 0.897. The van der Waals surface area contributed by atoms with Gasteiger partial charge in [0, 0.05) is 13.2 Å². The number of rotatable bonds is 28. The third-order valence-corrected chi connectivity index (χ3v) is 7.22. The Bertz CT molecular complexity index is 639. The Morgan fingerprint density at radius 2 is 1.45 bits per heavy atom. The van der Waals surface area contributed by atoms with Gasteiger partial charge in [0.05, 0.1) is 34.3 Å². The number of nitrogens with zero attached hydrogens (tertiary/aromatic N) is 1. The molecule has 0 aliphatic heterocycles. The van der Waals surface area contributed by atoms with Crippen molar-refractivity contribution in [1.29, 1.82) is 0 Å². The van der Waals surface area contributed by atoms with E-state index in [1.165, 1.54) is 84.0 Å². The quantitative estimate of drug-likeness (QED) is 0.0490. The molecule has 0 aliphatic rings. The molecule has 8 nitrogen and oxygen atoms in total. The van der Waals surface area contributed by atoms with Gasteiger partial charge >= 0.3 is 7.82 Å². The summed E-state index contributed by atoms with van der Waals surface area (Å²) >= 11 is 0. The molecule has 38 heavy (non-hydrogen) atoms. The van der Waals surface area contributed by atoms with Gasteiger partial charge < -0.3 is 19.4 Å². The molecule has 0 saturated heterocycles. The van der Waals surface area contributed by atoms with Crippen molar-refractivity contribution in [2.45, 2.75) is 110 Å². The fourth-order valence-corrected chi connectivity index (χ4v) is 4.74. The Morgan fingerprint density at radius 3 is 2.00 bits per heavy atom. The molecule has 2 atom stereocenters. The molecular weight excluding hydrogens is 503 g/mol. The highest BCUT2D eigenvalue weighted by Crippen LogP contribution is 2.44. The zero-order valence-corrected chi connectivity index (χ0v) is 26.2. The summed E-state index contributed by atoms with van der Waals surface area (Å²) in [5.41, 5.74) is 0. The number of likely N-dealkylation sites (N-methyl/N-ethyl adjacent to an activating group) is 1. The number of hydrogen-bond acceptors (Lipinski definition) is 6. The predicted octanol–water partition coefficient (Wildman–Crippen LogP) is 6.43. The summed E-state index contributed by atoms with van der Waals surface area (Å²) in [5, 5.41) is 2.95. The first-order chi connectivity index (χ1) is 18.1. The number of phosphoric ester groups is 1. The van der Waals surface area contributed by atoms with Crippen molar-refractivity contribution in [3.8, 4) is 0 Å². The van der Waals surface area contributed by atoms with Crippen LogP contribution in [0.3, 0.4) is 0 Å². The van der Waals surface area contributed by atoms with E-state index in [1.54, 1.807) is 0 Å². The summed E-state index contributed by atoms with van der Waals surface area (Å²) in [6.07, 6.45) is 21.6. The van der Waals surface area contributed by atoms with Crippen LogP contribution in [0.4, 0.5) is 0 Å². The SMILES string of the molecule is CCCCCCCC/C=C\CCCCCCCCOCC(CNCC(C)=O)OP(=O)(O)OCC[N+](C)(C)C. The van der Waals surface area contributed by atoms with Crippen LogP contribution in [0.5, 0.6) is 0 Å². The van der Waals surface area contributed by atoms with Gasteiger partial charge in [0.15, 0.2) is 0 Å². The highest BCUT2D eigenvalue weighted by atomic mass is 31.2. The van der Waals surface area contributed by atoms with Crippen LogP contribution in [0.15, 0.2) is 12.2 Å². The Labute approximate surface area is 234 Å². The zero-order chi connectivity index (χ0) is 28.5. The molecule has 0 amide bonds. The Kier molecular flexibility index (Phi) is 23.8. The van der Waals surface area contributed by atoms with E-state index < -0.39 is 13.9 Å². The molecule has 0 fully saturated rings. The van der Waals surface area contributed by atoms with Crippen molar-refractivity contribution in [2.24, 2.45) is 0 Å². The Hall–Kier alpha value is -0.600. The number of nitrogens with one attached hydrogen (secondary N) is 1. The lowest BCUT2D eigenvalue weighted by atomic mass is 10.1. The Balaban J connectivity index is 3.92. The first-order valence-corrected chi connectivity index (χ1v) is 16.4. The van der Waals surface area contributed by atoms with Gasteiger partial charge in [0.25, 0.3) is 0 Å². The standard InChI is InChI=1S/C29H59N2O6P/c1-6-7-8-9-10-11-12-13-14-15-16-17-18-19-20-21-23-35-27-29(26-30-25-28(2)32)37-38(33,34)36-24-22-31(3,4)5/h13-14,29-30H,6-12,15-27H2,1-5H3/p+1/b14-13-. The molecule has 2 N–H and O–H groups in total. The molecule has 0 aromatic rings. The molecular formula is C29H60N2O6P+. The zero-order valence-electron chi connectivity index (χ0n) is 25.3. The van der Waals surface area contributed by atoms with E-state index in [9.17, 15) is 14.3 Å². The number of ketones is 1. The molecule has 2 unspecified atom stereocenters. The number of carbonyl (C=O) groups is 1. The van der Waals surface area contributed by atoms with Crippen LogP contribution in [-0.4, -0.2) is 81.9 Å². The van der Waals surface area contributed by atoms with Crippen molar-refractivity contribution < 1.29 is 32.5 Å². The van der Waals surface area contributed by atoms with Crippen LogP contribution in [0, 0.1) is 0 Å². The van der Waals surface area contributed by atoms with Gasteiger partial charge in [0.2, 0.25) is 0 Å². The lowest BCUT2D eigenvalue weighted by Crippen LogP contribution is -2.38.